The molecule has 3 aromatic heterocycles. The van der Waals surface area contributed by atoms with Crippen molar-refractivity contribution < 1.29 is 9.59 Å². The lowest BCUT2D eigenvalue weighted by Crippen LogP contribution is -1.93. The molecule has 338 valence electrons. The van der Waals surface area contributed by atoms with Gasteiger partial charge in [-0.15, -0.1) is 0 Å². The van der Waals surface area contributed by atoms with Crippen molar-refractivity contribution in [1.29, 1.82) is 10.5 Å². The van der Waals surface area contributed by atoms with Crippen molar-refractivity contribution >= 4 is 150 Å². The Balaban J connectivity index is 1.54. The fourth-order valence-corrected chi connectivity index (χ4v) is 11.0. The molecule has 70 heavy (non-hydrogen) atoms. The second kappa shape index (κ2) is 20.8. The number of hydrogen-bond acceptors (Lipinski definition) is 14. The maximum atomic E-state index is 12.5. The molecule has 0 radical (unpaired) electrons. The van der Waals surface area contributed by atoms with Crippen LogP contribution in [0.3, 0.4) is 0 Å². The van der Waals surface area contributed by atoms with Gasteiger partial charge in [0.2, 0.25) is 0 Å². The number of isothiocyanates is 2. The summed E-state index contributed by atoms with van der Waals surface area (Å²) in [6.45, 7) is 7.04. The molecule has 2 aliphatic heterocycles. The van der Waals surface area contributed by atoms with Crippen LogP contribution < -0.4 is 0 Å². The summed E-state index contributed by atoms with van der Waals surface area (Å²) in [7, 11) is 0. The lowest BCUT2D eigenvalue weighted by Gasteiger charge is -2.12. The van der Waals surface area contributed by atoms with Gasteiger partial charge in [-0.05, 0) is 171 Å². The standard InChI is InChI=1S/C54H34N8O2S6/c1-29-5-9-39(57-27-65)35(21-29)51-41-11-12-42(59-41)52(36-22-30(2)6-10-40(36)58-28-66)44-14-16-46(61-44)54(38-24-34(70-32(4)64)8-20-50(38)68-26-56)48-18-17-47(62-48)53(45-15-13-43(51)60-45)37-23-33(69-31(3)63)7-19-49(37)67-25-55/h5-24,60-61H,1-4H3. The summed E-state index contributed by atoms with van der Waals surface area (Å²) in [5, 5.41) is 29.7. The van der Waals surface area contributed by atoms with E-state index in [4.69, 9.17) is 34.4 Å². The summed E-state index contributed by atoms with van der Waals surface area (Å²) < 4.78 is 0. The fourth-order valence-electron chi connectivity index (χ4n) is 8.48. The first-order chi connectivity index (χ1) is 34.0. The average molecular weight is 1020 g/mol. The van der Waals surface area contributed by atoms with Crippen molar-refractivity contribution in [2.75, 3.05) is 0 Å². The number of nitriles is 2. The molecule has 7 aromatic rings. The summed E-state index contributed by atoms with van der Waals surface area (Å²) in [6.07, 6.45) is 7.79. The summed E-state index contributed by atoms with van der Waals surface area (Å²) in [6, 6.07) is 30.9. The van der Waals surface area contributed by atoms with E-state index in [1.165, 1.54) is 13.8 Å². The third-order valence-electron chi connectivity index (χ3n) is 11.2. The van der Waals surface area contributed by atoms with Crippen LogP contribution >= 0.6 is 71.5 Å². The lowest BCUT2D eigenvalue weighted by atomic mass is 9.99. The molecule has 0 saturated carbocycles. The minimum Gasteiger partial charge on any atom is -0.354 e. The Morgan fingerprint density at radius 2 is 0.871 bits per heavy atom. The molecule has 8 bridgehead atoms. The van der Waals surface area contributed by atoms with Gasteiger partial charge in [-0.1, -0.05) is 46.8 Å². The van der Waals surface area contributed by atoms with Crippen LogP contribution in [0.1, 0.15) is 47.8 Å². The van der Waals surface area contributed by atoms with Crippen molar-refractivity contribution in [1.82, 2.24) is 19.9 Å². The second-order valence-electron chi connectivity index (χ2n) is 15.8. The number of carbonyl (C=O) groups excluding carboxylic acids is 2. The number of thiocarbonyl (C=S) groups is 2. The van der Waals surface area contributed by atoms with Gasteiger partial charge in [0.1, 0.15) is 10.8 Å². The van der Waals surface area contributed by atoms with Crippen LogP contribution in [0.4, 0.5) is 11.4 Å². The quantitative estimate of drug-likeness (QED) is 0.0578. The maximum absolute atomic E-state index is 12.5. The molecule has 10 nitrogen and oxygen atoms in total. The van der Waals surface area contributed by atoms with Gasteiger partial charge < -0.3 is 9.97 Å². The summed E-state index contributed by atoms with van der Waals surface area (Å²) in [5.41, 5.74) is 13.9. The number of nitrogens with zero attached hydrogens (tertiary/aromatic N) is 6. The molecule has 0 fully saturated rings. The van der Waals surface area contributed by atoms with Crippen LogP contribution in [-0.4, -0.2) is 40.5 Å². The van der Waals surface area contributed by atoms with E-state index in [-0.39, 0.29) is 10.2 Å². The smallest absolute Gasteiger partial charge is 0.190 e. The fraction of sp³-hybridized carbons (Fsp3) is 0.0741. The third kappa shape index (κ3) is 9.82. The number of benzene rings is 4. The molecule has 0 aliphatic carbocycles. The number of aryl methyl sites for hydroxylation is 2. The van der Waals surface area contributed by atoms with Crippen molar-refractivity contribution in [2.45, 2.75) is 47.3 Å². The lowest BCUT2D eigenvalue weighted by molar-refractivity contribution is -0.109. The predicted octanol–water partition coefficient (Wildman–Crippen LogP) is 15.8. The number of thiocyanates is 2. The van der Waals surface area contributed by atoms with Crippen LogP contribution in [0.15, 0.2) is 127 Å². The molecule has 2 N–H and O–H groups in total. The number of thioether (sulfide) groups is 4. The summed E-state index contributed by atoms with van der Waals surface area (Å²) in [4.78, 5) is 55.1. The Labute approximate surface area is 430 Å². The van der Waals surface area contributed by atoms with Gasteiger partial charge >= 0.3 is 0 Å². The number of fused-ring (bicyclic) bond motifs is 8. The Kier molecular flexibility index (Phi) is 14.2. The zero-order chi connectivity index (χ0) is 49.1. The van der Waals surface area contributed by atoms with Gasteiger partial charge in [0.25, 0.3) is 0 Å². The molecule has 0 saturated heterocycles. The molecular formula is C54H34N8O2S6. The van der Waals surface area contributed by atoms with Crippen molar-refractivity contribution in [3.05, 3.63) is 131 Å². The minimum absolute atomic E-state index is 0.0921. The SMILES string of the molecule is CC(=O)Sc1ccc(SC#N)c(-c2c3nc(c(-c4cc(SC(C)=O)ccc4SC#N)c4ccc([nH]4)c(-c4cc(C)ccc4N=C=S)c4nc(c(-c5cc(C)ccc5N=C=S)c5ccc2[nH]5)C=C4)C=C3)c1. The highest BCUT2D eigenvalue weighted by atomic mass is 32.2. The highest BCUT2D eigenvalue weighted by Crippen LogP contribution is 2.45. The molecule has 0 unspecified atom stereocenters. The van der Waals surface area contributed by atoms with Crippen molar-refractivity contribution in [3.8, 4) is 55.3 Å². The Hall–Kier alpha value is -7.20. The van der Waals surface area contributed by atoms with E-state index in [0.717, 1.165) is 80.4 Å². The van der Waals surface area contributed by atoms with Crippen LogP contribution in [0, 0.1) is 35.2 Å². The van der Waals surface area contributed by atoms with E-state index >= 15 is 0 Å². The first-order valence-electron chi connectivity index (χ1n) is 21.3. The van der Waals surface area contributed by atoms with Crippen LogP contribution in [0.25, 0.3) is 90.9 Å². The van der Waals surface area contributed by atoms with E-state index in [0.29, 0.717) is 98.1 Å². The number of carbonyl (C=O) groups is 2. The first kappa shape index (κ1) is 47.8. The van der Waals surface area contributed by atoms with Gasteiger partial charge in [-0.3, -0.25) is 9.59 Å². The average Bonchev–Trinajstić information content (AvgIpc) is 4.18. The van der Waals surface area contributed by atoms with Gasteiger partial charge in [0, 0.05) is 100 Å². The molecule has 9 rings (SSSR count). The molecule has 16 heteroatoms. The zero-order valence-electron chi connectivity index (χ0n) is 37.5. The largest absolute Gasteiger partial charge is 0.354 e. The Bertz CT molecular complexity index is 3580. The van der Waals surface area contributed by atoms with E-state index in [1.54, 1.807) is 0 Å². The number of aliphatic imine (C=N–C) groups is 2. The molecule has 0 atom stereocenters. The number of aromatic amines is 2. The molecule has 0 spiro atoms. The third-order valence-corrected chi connectivity index (χ3v) is 14.3. The van der Waals surface area contributed by atoms with E-state index in [1.807, 2.05) is 135 Å². The minimum atomic E-state index is -0.0921. The Morgan fingerprint density at radius 3 is 1.20 bits per heavy atom. The van der Waals surface area contributed by atoms with Gasteiger partial charge in [0.05, 0.1) is 44.5 Å². The van der Waals surface area contributed by atoms with Crippen LogP contribution in [0.2, 0.25) is 0 Å². The zero-order valence-corrected chi connectivity index (χ0v) is 42.4. The molecular weight excluding hydrogens is 985 g/mol. The van der Waals surface area contributed by atoms with E-state index < -0.39 is 0 Å². The van der Waals surface area contributed by atoms with Crippen LogP contribution in [0.5, 0.6) is 0 Å². The molecule has 0 amide bonds. The normalized spacial score (nSPS) is 11.3. The highest BCUT2D eigenvalue weighted by Gasteiger charge is 2.24. The number of aromatic nitrogens is 4. The van der Waals surface area contributed by atoms with Gasteiger partial charge in [-0.2, -0.15) is 20.5 Å². The van der Waals surface area contributed by atoms with Crippen LogP contribution in [-0.2, 0) is 9.59 Å². The highest BCUT2D eigenvalue weighted by molar-refractivity contribution is 8.13. The molecule has 2 aliphatic rings. The van der Waals surface area contributed by atoms with Crippen molar-refractivity contribution in [3.63, 3.8) is 0 Å². The number of rotatable bonds is 10. The second-order valence-corrected chi connectivity index (χ2v) is 20.4. The number of nitrogens with one attached hydrogen (secondary N) is 2. The Morgan fingerprint density at radius 1 is 0.514 bits per heavy atom. The molecule has 4 aromatic carbocycles. The van der Waals surface area contributed by atoms with E-state index in [2.05, 4.69) is 41.1 Å². The summed E-state index contributed by atoms with van der Waals surface area (Å²) >= 11 is 14.5. The summed E-state index contributed by atoms with van der Waals surface area (Å²) in [5.74, 6) is 0. The van der Waals surface area contributed by atoms with Crippen molar-refractivity contribution in [2.24, 2.45) is 9.98 Å². The predicted molar refractivity (Wildman–Crippen MR) is 295 cm³/mol. The van der Waals surface area contributed by atoms with E-state index in [9.17, 15) is 20.1 Å². The molecule has 5 heterocycles. The number of hydrogen-bond donors (Lipinski definition) is 2. The topological polar surface area (TPSA) is 164 Å². The first-order valence-corrected chi connectivity index (χ1v) is 25.4. The maximum Gasteiger partial charge on any atom is 0.190 e. The number of H-pyrrole nitrogens is 2. The monoisotopic (exact) mass is 1020 g/mol. The van der Waals surface area contributed by atoms with Gasteiger partial charge in [-0.25, -0.2) is 9.97 Å². The van der Waals surface area contributed by atoms with Gasteiger partial charge in [0.15, 0.2) is 10.2 Å².